The molecule has 2 aromatic carbocycles. The summed E-state index contributed by atoms with van der Waals surface area (Å²) in [5.74, 6) is 0.409. The summed E-state index contributed by atoms with van der Waals surface area (Å²) in [7, 11) is 0. The van der Waals surface area contributed by atoms with Crippen molar-refractivity contribution in [2.24, 2.45) is 0 Å². The van der Waals surface area contributed by atoms with E-state index < -0.39 is 6.10 Å². The average molecular weight is 332 g/mol. The van der Waals surface area contributed by atoms with Crippen LogP contribution in [0.2, 0.25) is 5.02 Å². The van der Waals surface area contributed by atoms with E-state index in [1.54, 1.807) is 12.1 Å². The highest BCUT2D eigenvalue weighted by Gasteiger charge is 2.22. The topological polar surface area (TPSA) is 38.3 Å². The SMILES string of the molecule is CC[C@H](NC(=O)[C@@H](CC)Oc1ccccc1Cl)c1ccccc1. The first-order valence-corrected chi connectivity index (χ1v) is 8.30. The van der Waals surface area contributed by atoms with Crippen molar-refractivity contribution in [3.05, 3.63) is 65.2 Å². The fraction of sp³-hybridized carbons (Fsp3) is 0.316. The molecule has 0 aliphatic rings. The first-order valence-electron chi connectivity index (χ1n) is 7.92. The third-order valence-electron chi connectivity index (χ3n) is 3.70. The van der Waals surface area contributed by atoms with Crippen LogP contribution in [-0.4, -0.2) is 12.0 Å². The van der Waals surface area contributed by atoms with Crippen LogP contribution < -0.4 is 10.1 Å². The molecular weight excluding hydrogens is 310 g/mol. The summed E-state index contributed by atoms with van der Waals surface area (Å²) in [6.07, 6.45) is 0.827. The zero-order chi connectivity index (χ0) is 16.7. The van der Waals surface area contributed by atoms with E-state index in [0.29, 0.717) is 17.2 Å². The molecule has 0 heterocycles. The highest BCUT2D eigenvalue weighted by atomic mass is 35.5. The molecule has 0 aliphatic carbocycles. The molecule has 0 radical (unpaired) electrons. The summed E-state index contributed by atoms with van der Waals surface area (Å²) in [6, 6.07) is 17.1. The summed E-state index contributed by atoms with van der Waals surface area (Å²) in [5, 5.41) is 3.57. The van der Waals surface area contributed by atoms with Gasteiger partial charge in [-0.15, -0.1) is 0 Å². The fourth-order valence-corrected chi connectivity index (χ4v) is 2.57. The second-order valence-electron chi connectivity index (χ2n) is 5.33. The zero-order valence-electron chi connectivity index (χ0n) is 13.5. The summed E-state index contributed by atoms with van der Waals surface area (Å²) >= 11 is 6.10. The van der Waals surface area contributed by atoms with Crippen LogP contribution in [0.15, 0.2) is 54.6 Å². The molecule has 2 atom stereocenters. The number of amides is 1. The number of para-hydroxylation sites is 1. The lowest BCUT2D eigenvalue weighted by Gasteiger charge is -2.22. The lowest BCUT2D eigenvalue weighted by Crippen LogP contribution is -2.40. The predicted molar refractivity (Wildman–Crippen MR) is 93.8 cm³/mol. The van der Waals surface area contributed by atoms with Gasteiger partial charge in [-0.3, -0.25) is 4.79 Å². The van der Waals surface area contributed by atoms with Gasteiger partial charge in [-0.05, 0) is 30.5 Å². The number of hydrogen-bond donors (Lipinski definition) is 1. The molecule has 0 saturated heterocycles. The molecule has 0 saturated carbocycles. The van der Waals surface area contributed by atoms with Gasteiger partial charge in [-0.25, -0.2) is 0 Å². The third kappa shape index (κ3) is 4.73. The molecule has 0 aliphatic heterocycles. The monoisotopic (exact) mass is 331 g/mol. The van der Waals surface area contributed by atoms with E-state index in [4.69, 9.17) is 16.3 Å². The normalized spacial score (nSPS) is 13.2. The largest absolute Gasteiger partial charge is 0.479 e. The molecule has 23 heavy (non-hydrogen) atoms. The van der Waals surface area contributed by atoms with Gasteiger partial charge in [0.2, 0.25) is 0 Å². The molecule has 0 bridgehead atoms. The maximum Gasteiger partial charge on any atom is 0.261 e. The number of hydrogen-bond acceptors (Lipinski definition) is 2. The Morgan fingerprint density at radius 1 is 1.04 bits per heavy atom. The number of rotatable bonds is 7. The van der Waals surface area contributed by atoms with Crippen LogP contribution in [0.1, 0.15) is 38.3 Å². The minimum Gasteiger partial charge on any atom is -0.479 e. The van der Waals surface area contributed by atoms with Crippen LogP contribution >= 0.6 is 11.6 Å². The van der Waals surface area contributed by atoms with E-state index in [1.165, 1.54) is 0 Å². The smallest absolute Gasteiger partial charge is 0.261 e. The van der Waals surface area contributed by atoms with Crippen molar-refractivity contribution in [1.29, 1.82) is 0 Å². The number of halogens is 1. The van der Waals surface area contributed by atoms with Gasteiger partial charge >= 0.3 is 0 Å². The lowest BCUT2D eigenvalue weighted by atomic mass is 10.0. The van der Waals surface area contributed by atoms with Crippen LogP contribution in [0, 0.1) is 0 Å². The molecule has 0 spiro atoms. The minimum atomic E-state index is -0.562. The molecule has 2 aromatic rings. The molecule has 1 N–H and O–H groups in total. The van der Waals surface area contributed by atoms with E-state index in [9.17, 15) is 4.79 Å². The molecule has 0 aromatic heterocycles. The van der Waals surface area contributed by atoms with Gasteiger partial charge in [0, 0.05) is 0 Å². The Kier molecular flexibility index (Phi) is 6.48. The van der Waals surface area contributed by atoms with Crippen molar-refractivity contribution in [2.45, 2.75) is 38.8 Å². The van der Waals surface area contributed by atoms with Gasteiger partial charge in [0.05, 0.1) is 11.1 Å². The fourth-order valence-electron chi connectivity index (χ4n) is 2.39. The summed E-state index contributed by atoms with van der Waals surface area (Å²) in [5.41, 5.74) is 1.09. The van der Waals surface area contributed by atoms with Gasteiger partial charge in [0.25, 0.3) is 5.91 Å². The number of carbonyl (C=O) groups is 1. The van der Waals surface area contributed by atoms with Crippen LogP contribution in [0.25, 0.3) is 0 Å². The van der Waals surface area contributed by atoms with Crippen molar-refractivity contribution in [1.82, 2.24) is 5.32 Å². The second kappa shape index (κ2) is 8.59. The minimum absolute atomic E-state index is 0.0207. The Morgan fingerprint density at radius 2 is 1.70 bits per heavy atom. The third-order valence-corrected chi connectivity index (χ3v) is 4.01. The Labute approximate surface area is 142 Å². The number of nitrogens with one attached hydrogen (secondary N) is 1. The van der Waals surface area contributed by atoms with E-state index >= 15 is 0 Å². The highest BCUT2D eigenvalue weighted by Crippen LogP contribution is 2.25. The van der Waals surface area contributed by atoms with Crippen molar-refractivity contribution < 1.29 is 9.53 Å². The van der Waals surface area contributed by atoms with Crippen molar-refractivity contribution in [3.8, 4) is 5.75 Å². The summed E-state index contributed by atoms with van der Waals surface area (Å²) < 4.78 is 5.79. The zero-order valence-corrected chi connectivity index (χ0v) is 14.2. The maximum absolute atomic E-state index is 12.6. The predicted octanol–water partition coefficient (Wildman–Crippen LogP) is 4.76. The Balaban J connectivity index is 2.06. The summed E-state index contributed by atoms with van der Waals surface area (Å²) in [4.78, 5) is 12.6. The Bertz CT molecular complexity index is 630. The van der Waals surface area contributed by atoms with Gasteiger partial charge in [0.15, 0.2) is 6.10 Å². The van der Waals surface area contributed by atoms with Crippen molar-refractivity contribution in [3.63, 3.8) is 0 Å². The number of ether oxygens (including phenoxy) is 1. The van der Waals surface area contributed by atoms with Gasteiger partial charge in [0.1, 0.15) is 5.75 Å². The van der Waals surface area contributed by atoms with Crippen LogP contribution in [0.3, 0.4) is 0 Å². The van der Waals surface area contributed by atoms with E-state index in [-0.39, 0.29) is 11.9 Å². The first-order chi connectivity index (χ1) is 11.2. The van der Waals surface area contributed by atoms with Gasteiger partial charge < -0.3 is 10.1 Å². The molecule has 4 heteroatoms. The molecule has 1 amide bonds. The highest BCUT2D eigenvalue weighted by molar-refractivity contribution is 6.32. The Hall–Kier alpha value is -2.00. The maximum atomic E-state index is 12.6. The van der Waals surface area contributed by atoms with Crippen LogP contribution in [0.5, 0.6) is 5.75 Å². The second-order valence-corrected chi connectivity index (χ2v) is 5.73. The Morgan fingerprint density at radius 3 is 2.30 bits per heavy atom. The molecule has 0 fully saturated rings. The van der Waals surface area contributed by atoms with E-state index in [0.717, 1.165) is 12.0 Å². The number of carbonyl (C=O) groups excluding carboxylic acids is 1. The van der Waals surface area contributed by atoms with E-state index in [2.05, 4.69) is 5.32 Å². The van der Waals surface area contributed by atoms with Crippen LogP contribution in [-0.2, 0) is 4.79 Å². The number of benzene rings is 2. The first kappa shape index (κ1) is 17.4. The quantitative estimate of drug-likeness (QED) is 0.794. The van der Waals surface area contributed by atoms with Gasteiger partial charge in [-0.2, -0.15) is 0 Å². The standard InChI is InChI=1S/C19H22ClNO2/c1-3-16(14-10-6-5-7-11-14)21-19(22)17(4-2)23-18-13-9-8-12-15(18)20/h5-13,16-17H,3-4H2,1-2H3,(H,21,22)/t16-,17+/m0/s1. The lowest BCUT2D eigenvalue weighted by molar-refractivity contribution is -0.128. The molecule has 122 valence electrons. The molecule has 0 unspecified atom stereocenters. The molecule has 3 nitrogen and oxygen atoms in total. The van der Waals surface area contributed by atoms with E-state index in [1.807, 2.05) is 56.3 Å². The molecular formula is C19H22ClNO2. The van der Waals surface area contributed by atoms with Crippen molar-refractivity contribution in [2.75, 3.05) is 0 Å². The van der Waals surface area contributed by atoms with Crippen LogP contribution in [0.4, 0.5) is 0 Å². The molecule has 2 rings (SSSR count). The van der Waals surface area contributed by atoms with Gasteiger partial charge in [-0.1, -0.05) is 67.9 Å². The van der Waals surface area contributed by atoms with Crippen molar-refractivity contribution >= 4 is 17.5 Å². The summed E-state index contributed by atoms with van der Waals surface area (Å²) in [6.45, 7) is 3.97. The average Bonchev–Trinajstić information content (AvgIpc) is 2.59.